The molecule has 0 unspecified atom stereocenters. The van der Waals surface area contributed by atoms with Crippen molar-refractivity contribution >= 4 is 28.1 Å². The van der Waals surface area contributed by atoms with Crippen LogP contribution in [0.4, 0.5) is 0 Å². The van der Waals surface area contributed by atoms with Crippen molar-refractivity contribution in [1.29, 1.82) is 0 Å². The van der Waals surface area contributed by atoms with Crippen molar-refractivity contribution in [3.8, 4) is 11.5 Å². The molecule has 0 spiro atoms. The average Bonchev–Trinajstić information content (AvgIpc) is 3.10. The molecule has 142 valence electrons. The third-order valence-electron chi connectivity index (χ3n) is 4.29. The molecule has 1 heterocycles. The van der Waals surface area contributed by atoms with Crippen LogP contribution < -0.4 is 14.9 Å². The summed E-state index contributed by atoms with van der Waals surface area (Å²) < 4.78 is 11.3. The van der Waals surface area contributed by atoms with Crippen molar-refractivity contribution in [2.75, 3.05) is 14.2 Å². The predicted molar refractivity (Wildman–Crippen MR) is 105 cm³/mol. The summed E-state index contributed by atoms with van der Waals surface area (Å²) in [6.07, 6.45) is 9.35. The van der Waals surface area contributed by atoms with E-state index in [4.69, 9.17) is 9.47 Å². The molecule has 3 atom stereocenters. The van der Waals surface area contributed by atoms with Gasteiger partial charge in [-0.05, 0) is 40.5 Å². The molecule has 1 aromatic carbocycles. The van der Waals surface area contributed by atoms with Crippen molar-refractivity contribution in [2.24, 2.45) is 15.4 Å². The Balaban J connectivity index is 1.64. The van der Waals surface area contributed by atoms with E-state index in [0.29, 0.717) is 11.5 Å². The van der Waals surface area contributed by atoms with Crippen LogP contribution in [0.5, 0.6) is 11.5 Å². The maximum Gasteiger partial charge on any atom is 0.264 e. The SMILES string of the molecule is COc1cc(/C=N\NC(=O)[C@H](C)N2N=N[C@@H]3C=CC=C[C@H]32)cc(Br)c1OC. The number of amides is 1. The summed E-state index contributed by atoms with van der Waals surface area (Å²) in [5.74, 6) is 0.887. The van der Waals surface area contributed by atoms with Crippen LogP contribution in [0.15, 0.2) is 56.3 Å². The Morgan fingerprint density at radius 1 is 1.33 bits per heavy atom. The average molecular weight is 434 g/mol. The second-order valence-corrected chi connectivity index (χ2v) is 6.84. The summed E-state index contributed by atoms with van der Waals surface area (Å²) in [6, 6.07) is 2.99. The van der Waals surface area contributed by atoms with Gasteiger partial charge in [0.05, 0.1) is 30.9 Å². The summed E-state index contributed by atoms with van der Waals surface area (Å²) in [7, 11) is 3.12. The van der Waals surface area contributed by atoms with E-state index in [2.05, 4.69) is 36.8 Å². The number of nitrogens with one attached hydrogen (secondary N) is 1. The minimum absolute atomic E-state index is 0.0402. The molecule has 1 aromatic rings. The number of ether oxygens (including phenoxy) is 2. The van der Waals surface area contributed by atoms with Crippen LogP contribution in [0.2, 0.25) is 0 Å². The number of halogens is 1. The second-order valence-electron chi connectivity index (χ2n) is 5.98. The number of rotatable bonds is 6. The molecule has 1 aliphatic carbocycles. The van der Waals surface area contributed by atoms with Gasteiger partial charge < -0.3 is 9.47 Å². The topological polar surface area (TPSA) is 87.9 Å². The number of fused-ring (bicyclic) bond motifs is 1. The van der Waals surface area contributed by atoms with Gasteiger partial charge in [-0.15, -0.1) is 0 Å². The van der Waals surface area contributed by atoms with Crippen LogP contribution in [0.25, 0.3) is 0 Å². The summed E-state index contributed by atoms with van der Waals surface area (Å²) in [4.78, 5) is 12.4. The molecule has 9 heteroatoms. The largest absolute Gasteiger partial charge is 0.493 e. The molecule has 0 saturated carbocycles. The third-order valence-corrected chi connectivity index (χ3v) is 4.88. The first-order valence-electron chi connectivity index (χ1n) is 8.33. The molecule has 1 amide bonds. The molecule has 3 rings (SSSR count). The highest BCUT2D eigenvalue weighted by Gasteiger charge is 2.35. The summed E-state index contributed by atoms with van der Waals surface area (Å²) >= 11 is 3.42. The minimum Gasteiger partial charge on any atom is -0.493 e. The van der Waals surface area contributed by atoms with Gasteiger partial charge in [0.2, 0.25) is 0 Å². The van der Waals surface area contributed by atoms with Crippen molar-refractivity contribution < 1.29 is 14.3 Å². The lowest BCUT2D eigenvalue weighted by Gasteiger charge is -2.27. The van der Waals surface area contributed by atoms with Crippen molar-refractivity contribution in [3.05, 3.63) is 46.5 Å². The zero-order chi connectivity index (χ0) is 19.4. The first-order valence-corrected chi connectivity index (χ1v) is 9.13. The normalized spacial score (nSPS) is 21.4. The van der Waals surface area contributed by atoms with Gasteiger partial charge in [-0.1, -0.05) is 29.5 Å². The molecule has 1 aliphatic heterocycles. The number of carbonyl (C=O) groups excluding carboxylic acids is 1. The van der Waals surface area contributed by atoms with Gasteiger partial charge in [-0.25, -0.2) is 5.43 Å². The summed E-state index contributed by atoms with van der Waals surface area (Å²) in [5.41, 5.74) is 3.29. The lowest BCUT2D eigenvalue weighted by molar-refractivity contribution is -0.126. The maximum atomic E-state index is 12.4. The fourth-order valence-electron chi connectivity index (χ4n) is 2.85. The lowest BCUT2D eigenvalue weighted by atomic mass is 10.0. The van der Waals surface area contributed by atoms with Gasteiger partial charge >= 0.3 is 0 Å². The number of benzene rings is 1. The van der Waals surface area contributed by atoms with Crippen LogP contribution in [0.3, 0.4) is 0 Å². The predicted octanol–water partition coefficient (Wildman–Crippen LogP) is 2.85. The van der Waals surface area contributed by atoms with Crippen molar-refractivity contribution in [1.82, 2.24) is 10.4 Å². The molecule has 0 saturated heterocycles. The fraction of sp³-hybridized carbons (Fsp3) is 0.333. The highest BCUT2D eigenvalue weighted by molar-refractivity contribution is 9.10. The molecule has 0 radical (unpaired) electrons. The second kappa shape index (κ2) is 8.34. The van der Waals surface area contributed by atoms with E-state index < -0.39 is 6.04 Å². The van der Waals surface area contributed by atoms with Gasteiger partial charge in [0.15, 0.2) is 11.5 Å². The van der Waals surface area contributed by atoms with Crippen molar-refractivity contribution in [2.45, 2.75) is 25.0 Å². The summed E-state index contributed by atoms with van der Waals surface area (Å²) in [6.45, 7) is 1.77. The Bertz CT molecular complexity index is 837. The zero-order valence-electron chi connectivity index (χ0n) is 15.2. The number of hydrogen-bond donors (Lipinski definition) is 1. The molecular formula is C18H20BrN5O3. The number of hydrazone groups is 1. The van der Waals surface area contributed by atoms with Gasteiger partial charge in [0, 0.05) is 0 Å². The zero-order valence-corrected chi connectivity index (χ0v) is 16.8. The Morgan fingerprint density at radius 2 is 2.11 bits per heavy atom. The Morgan fingerprint density at radius 3 is 2.85 bits per heavy atom. The van der Waals surface area contributed by atoms with Gasteiger partial charge in [0.25, 0.3) is 5.91 Å². The van der Waals surface area contributed by atoms with Crippen LogP contribution in [0.1, 0.15) is 12.5 Å². The summed E-state index contributed by atoms with van der Waals surface area (Å²) in [5, 5.41) is 14.0. The van der Waals surface area contributed by atoms with Crippen LogP contribution in [-0.4, -0.2) is 49.5 Å². The van der Waals surface area contributed by atoms with Crippen molar-refractivity contribution in [3.63, 3.8) is 0 Å². The van der Waals surface area contributed by atoms with Crippen LogP contribution in [-0.2, 0) is 4.79 Å². The first kappa shape index (κ1) is 19.1. The molecular weight excluding hydrogens is 414 g/mol. The Kier molecular flexibility index (Phi) is 5.90. The Hall–Kier alpha value is -2.68. The lowest BCUT2D eigenvalue weighted by Crippen LogP contribution is -2.46. The Labute approximate surface area is 165 Å². The molecule has 1 N–H and O–H groups in total. The highest BCUT2D eigenvalue weighted by atomic mass is 79.9. The van der Waals surface area contributed by atoms with E-state index in [0.717, 1.165) is 10.0 Å². The van der Waals surface area contributed by atoms with E-state index >= 15 is 0 Å². The van der Waals surface area contributed by atoms with Gasteiger partial charge in [-0.3, -0.25) is 9.80 Å². The highest BCUT2D eigenvalue weighted by Crippen LogP contribution is 2.35. The van der Waals surface area contributed by atoms with E-state index in [9.17, 15) is 4.79 Å². The van der Waals surface area contributed by atoms with Gasteiger partial charge in [0.1, 0.15) is 12.1 Å². The maximum absolute atomic E-state index is 12.4. The smallest absolute Gasteiger partial charge is 0.264 e. The molecule has 27 heavy (non-hydrogen) atoms. The quantitative estimate of drug-likeness (QED) is 0.551. The van der Waals surface area contributed by atoms with E-state index in [1.807, 2.05) is 30.4 Å². The molecule has 0 fully saturated rings. The molecule has 8 nitrogen and oxygen atoms in total. The standard InChI is InChI=1S/C18H20BrN5O3/c1-11(24-15-7-5-4-6-14(15)21-23-24)18(25)22-20-10-12-8-13(19)17(27-3)16(9-12)26-2/h4-11,14-15H,1-3H3,(H,22,25)/b20-10-/t11-,14+,15+/m0/s1. The third kappa shape index (κ3) is 4.02. The number of carbonyl (C=O) groups is 1. The van der Waals surface area contributed by atoms with Gasteiger partial charge in [-0.2, -0.15) is 10.2 Å². The molecule has 0 aromatic heterocycles. The molecule has 2 aliphatic rings. The molecule has 0 bridgehead atoms. The monoisotopic (exact) mass is 433 g/mol. The number of methoxy groups -OCH3 is 2. The number of hydrogen-bond acceptors (Lipinski definition) is 7. The minimum atomic E-state index is -0.505. The van der Waals surface area contributed by atoms with E-state index in [1.54, 1.807) is 32.2 Å². The number of allylic oxidation sites excluding steroid dienone is 2. The number of nitrogens with zero attached hydrogens (tertiary/aromatic N) is 4. The van der Waals surface area contributed by atoms with Crippen LogP contribution in [0, 0.1) is 0 Å². The van der Waals surface area contributed by atoms with Crippen LogP contribution >= 0.6 is 15.9 Å². The first-order chi connectivity index (χ1) is 13.0. The fourth-order valence-corrected chi connectivity index (χ4v) is 3.47. The van der Waals surface area contributed by atoms with E-state index in [1.165, 1.54) is 6.21 Å². The van der Waals surface area contributed by atoms with E-state index in [-0.39, 0.29) is 18.0 Å².